The predicted molar refractivity (Wildman–Crippen MR) is 81.4 cm³/mol. The highest BCUT2D eigenvalue weighted by Crippen LogP contribution is 2.19. The Balaban J connectivity index is 1.76. The number of halogens is 1. The average molecular weight is 296 g/mol. The van der Waals surface area contributed by atoms with Crippen LogP contribution in [0.2, 0.25) is 5.02 Å². The summed E-state index contributed by atoms with van der Waals surface area (Å²) >= 11 is 6.05. The predicted octanol–water partition coefficient (Wildman–Crippen LogP) is 3.27. The zero-order valence-electron chi connectivity index (χ0n) is 12.0. The molecule has 0 aliphatic carbocycles. The minimum Gasteiger partial charge on any atom is -0.384 e. The topological polar surface area (TPSA) is 29.5 Å². The third kappa shape index (κ3) is 4.30. The van der Waals surface area contributed by atoms with Crippen molar-refractivity contribution in [3.05, 3.63) is 34.9 Å². The Hall–Kier alpha value is -0.900. The number of nitrogens with zero attached hydrogens (tertiary/aromatic N) is 1. The number of piperidine rings is 1. The third-order valence-electron chi connectivity index (χ3n) is 3.94. The molecule has 1 saturated heterocycles. The molecule has 1 aliphatic heterocycles. The van der Waals surface area contributed by atoms with E-state index in [0.29, 0.717) is 22.9 Å². The van der Waals surface area contributed by atoms with Gasteiger partial charge < -0.3 is 9.64 Å². The van der Waals surface area contributed by atoms with Gasteiger partial charge in [0, 0.05) is 32.2 Å². The largest absolute Gasteiger partial charge is 0.384 e. The molecule has 1 aromatic carbocycles. The van der Waals surface area contributed by atoms with Gasteiger partial charge in [-0.1, -0.05) is 23.7 Å². The Kier molecular flexibility index (Phi) is 6.02. The van der Waals surface area contributed by atoms with E-state index in [1.165, 1.54) is 0 Å². The van der Waals surface area contributed by atoms with Crippen LogP contribution in [0.25, 0.3) is 0 Å². The lowest BCUT2D eigenvalue weighted by Gasteiger charge is -2.31. The van der Waals surface area contributed by atoms with Crippen LogP contribution in [0, 0.1) is 5.92 Å². The van der Waals surface area contributed by atoms with E-state index >= 15 is 0 Å². The lowest BCUT2D eigenvalue weighted by Crippen LogP contribution is -2.36. The standard InChI is InChI=1S/C16H22ClNO2/c1-20-12-13-6-9-18(10-7-13)11-8-16(19)14-4-2-3-5-15(14)17/h2-5,13H,6-12H2,1H3. The fourth-order valence-corrected chi connectivity index (χ4v) is 2.94. The summed E-state index contributed by atoms with van der Waals surface area (Å²) in [5.41, 5.74) is 0.642. The highest BCUT2D eigenvalue weighted by atomic mass is 35.5. The van der Waals surface area contributed by atoms with Crippen LogP contribution in [0.1, 0.15) is 29.6 Å². The normalized spacial score (nSPS) is 17.3. The summed E-state index contributed by atoms with van der Waals surface area (Å²) in [6.07, 6.45) is 2.86. The number of benzene rings is 1. The summed E-state index contributed by atoms with van der Waals surface area (Å²) < 4.78 is 5.20. The SMILES string of the molecule is COCC1CCN(CCC(=O)c2ccccc2Cl)CC1. The first kappa shape index (κ1) is 15.5. The molecule has 4 heteroatoms. The van der Waals surface area contributed by atoms with Crippen LogP contribution >= 0.6 is 11.6 Å². The maximum absolute atomic E-state index is 12.1. The number of likely N-dealkylation sites (tertiary alicyclic amines) is 1. The van der Waals surface area contributed by atoms with E-state index < -0.39 is 0 Å². The summed E-state index contributed by atoms with van der Waals surface area (Å²) in [6.45, 7) is 3.80. The van der Waals surface area contributed by atoms with Gasteiger partial charge >= 0.3 is 0 Å². The van der Waals surface area contributed by atoms with Gasteiger partial charge in [0.25, 0.3) is 0 Å². The molecule has 1 aliphatic rings. The minimum absolute atomic E-state index is 0.134. The van der Waals surface area contributed by atoms with Crippen molar-refractivity contribution in [2.75, 3.05) is 33.4 Å². The Bertz CT molecular complexity index is 442. The number of methoxy groups -OCH3 is 1. The Labute approximate surface area is 125 Å². The van der Waals surface area contributed by atoms with Crippen molar-refractivity contribution in [1.82, 2.24) is 4.90 Å². The minimum atomic E-state index is 0.134. The van der Waals surface area contributed by atoms with Crippen LogP contribution in [-0.4, -0.2) is 44.0 Å². The number of hydrogen-bond acceptors (Lipinski definition) is 3. The summed E-state index contributed by atoms with van der Waals surface area (Å²) in [5, 5.41) is 0.552. The summed E-state index contributed by atoms with van der Waals surface area (Å²) in [6, 6.07) is 7.27. The Morgan fingerprint density at radius 1 is 1.35 bits per heavy atom. The molecule has 0 bridgehead atoms. The van der Waals surface area contributed by atoms with Gasteiger partial charge in [0.15, 0.2) is 5.78 Å². The fraction of sp³-hybridized carbons (Fsp3) is 0.562. The van der Waals surface area contributed by atoms with E-state index in [9.17, 15) is 4.79 Å². The second kappa shape index (κ2) is 7.77. The molecule has 0 N–H and O–H groups in total. The van der Waals surface area contributed by atoms with Crippen molar-refractivity contribution in [2.24, 2.45) is 5.92 Å². The Morgan fingerprint density at radius 2 is 2.05 bits per heavy atom. The molecule has 1 aromatic rings. The lowest BCUT2D eigenvalue weighted by molar-refractivity contribution is 0.0883. The summed E-state index contributed by atoms with van der Waals surface area (Å²) in [4.78, 5) is 14.5. The van der Waals surface area contributed by atoms with Gasteiger partial charge in [-0.05, 0) is 44.0 Å². The van der Waals surface area contributed by atoms with Gasteiger partial charge in [-0.3, -0.25) is 4.79 Å². The second-order valence-electron chi connectivity index (χ2n) is 5.39. The molecule has 0 radical (unpaired) electrons. The first-order valence-corrected chi connectivity index (χ1v) is 7.57. The molecule has 0 amide bonds. The molecule has 3 nitrogen and oxygen atoms in total. The van der Waals surface area contributed by atoms with Crippen molar-refractivity contribution in [2.45, 2.75) is 19.3 Å². The lowest BCUT2D eigenvalue weighted by atomic mass is 9.97. The van der Waals surface area contributed by atoms with Gasteiger partial charge in [-0.25, -0.2) is 0 Å². The molecule has 20 heavy (non-hydrogen) atoms. The smallest absolute Gasteiger partial charge is 0.165 e. The van der Waals surface area contributed by atoms with E-state index in [1.54, 1.807) is 19.2 Å². The van der Waals surface area contributed by atoms with Gasteiger partial charge in [-0.15, -0.1) is 0 Å². The first-order valence-electron chi connectivity index (χ1n) is 7.19. The highest BCUT2D eigenvalue weighted by Gasteiger charge is 2.19. The highest BCUT2D eigenvalue weighted by molar-refractivity contribution is 6.33. The van der Waals surface area contributed by atoms with E-state index in [1.807, 2.05) is 12.1 Å². The molecule has 0 spiro atoms. The molecule has 0 atom stereocenters. The van der Waals surface area contributed by atoms with Crippen LogP contribution in [0.15, 0.2) is 24.3 Å². The summed E-state index contributed by atoms with van der Waals surface area (Å²) in [7, 11) is 1.76. The zero-order valence-corrected chi connectivity index (χ0v) is 12.7. The van der Waals surface area contributed by atoms with Crippen molar-refractivity contribution in [1.29, 1.82) is 0 Å². The molecule has 110 valence electrons. The zero-order chi connectivity index (χ0) is 14.4. The van der Waals surface area contributed by atoms with Gasteiger partial charge in [-0.2, -0.15) is 0 Å². The third-order valence-corrected chi connectivity index (χ3v) is 4.27. The van der Waals surface area contributed by atoms with Crippen LogP contribution in [0.5, 0.6) is 0 Å². The molecule has 1 fully saturated rings. The van der Waals surface area contributed by atoms with E-state index in [4.69, 9.17) is 16.3 Å². The molecule has 2 rings (SSSR count). The van der Waals surface area contributed by atoms with Gasteiger partial charge in [0.1, 0.15) is 0 Å². The maximum atomic E-state index is 12.1. The molecule has 1 heterocycles. The van der Waals surface area contributed by atoms with Crippen LogP contribution in [-0.2, 0) is 4.74 Å². The summed E-state index contributed by atoms with van der Waals surface area (Å²) in [5.74, 6) is 0.810. The molecule has 0 saturated carbocycles. The monoisotopic (exact) mass is 295 g/mol. The maximum Gasteiger partial charge on any atom is 0.165 e. The van der Waals surface area contributed by atoms with Crippen LogP contribution in [0.3, 0.4) is 0 Å². The number of ketones is 1. The molecule has 0 unspecified atom stereocenters. The van der Waals surface area contributed by atoms with E-state index in [-0.39, 0.29) is 5.78 Å². The number of carbonyl (C=O) groups is 1. The fourth-order valence-electron chi connectivity index (χ4n) is 2.69. The van der Waals surface area contributed by atoms with E-state index in [2.05, 4.69) is 4.90 Å². The van der Waals surface area contributed by atoms with Gasteiger partial charge in [0.05, 0.1) is 5.02 Å². The second-order valence-corrected chi connectivity index (χ2v) is 5.80. The average Bonchev–Trinajstić information content (AvgIpc) is 2.47. The van der Waals surface area contributed by atoms with Crippen molar-refractivity contribution in [3.63, 3.8) is 0 Å². The number of carbonyl (C=O) groups excluding carboxylic acids is 1. The van der Waals surface area contributed by atoms with Crippen molar-refractivity contribution < 1.29 is 9.53 Å². The number of hydrogen-bond donors (Lipinski definition) is 0. The van der Waals surface area contributed by atoms with E-state index in [0.717, 1.165) is 39.1 Å². The van der Waals surface area contributed by atoms with Crippen molar-refractivity contribution in [3.8, 4) is 0 Å². The first-order chi connectivity index (χ1) is 9.70. The molecular weight excluding hydrogens is 274 g/mol. The number of Topliss-reactive ketones (excluding diaryl/α,β-unsaturated/α-hetero) is 1. The number of ether oxygens (including phenoxy) is 1. The van der Waals surface area contributed by atoms with Crippen molar-refractivity contribution >= 4 is 17.4 Å². The van der Waals surface area contributed by atoms with Crippen LogP contribution < -0.4 is 0 Å². The Morgan fingerprint density at radius 3 is 2.70 bits per heavy atom. The molecule has 0 aromatic heterocycles. The van der Waals surface area contributed by atoms with Gasteiger partial charge in [0.2, 0.25) is 0 Å². The molecular formula is C16H22ClNO2. The van der Waals surface area contributed by atoms with Crippen LogP contribution in [0.4, 0.5) is 0 Å². The number of rotatable bonds is 6. The quantitative estimate of drug-likeness (QED) is 0.754.